The molecule has 0 aromatic carbocycles. The lowest BCUT2D eigenvalue weighted by Crippen LogP contribution is -2.51. The smallest absolute Gasteiger partial charge is 0.166 e. The molecular formula is C14H26N2OS. The van der Waals surface area contributed by atoms with Crippen molar-refractivity contribution in [2.75, 3.05) is 6.61 Å². The minimum Gasteiger partial charge on any atom is -0.375 e. The van der Waals surface area contributed by atoms with Crippen molar-refractivity contribution in [2.45, 2.75) is 76.5 Å². The zero-order chi connectivity index (χ0) is 13.0. The van der Waals surface area contributed by atoms with Gasteiger partial charge in [-0.15, -0.1) is 0 Å². The summed E-state index contributed by atoms with van der Waals surface area (Å²) in [6, 6.07) is 1.05. The Morgan fingerprint density at radius 2 is 1.72 bits per heavy atom. The highest BCUT2D eigenvalue weighted by atomic mass is 32.1. The van der Waals surface area contributed by atoms with Gasteiger partial charge in [-0.25, -0.2) is 0 Å². The maximum absolute atomic E-state index is 5.72. The summed E-state index contributed by atoms with van der Waals surface area (Å²) in [5.41, 5.74) is -0.0175. The average molecular weight is 270 g/mol. The van der Waals surface area contributed by atoms with E-state index in [1.165, 1.54) is 32.1 Å². The average Bonchev–Trinajstić information content (AvgIpc) is 2.28. The third kappa shape index (κ3) is 4.39. The molecule has 1 atom stereocenters. The van der Waals surface area contributed by atoms with Gasteiger partial charge in [0.25, 0.3) is 0 Å². The van der Waals surface area contributed by atoms with E-state index in [1.54, 1.807) is 0 Å². The zero-order valence-corrected chi connectivity index (χ0v) is 12.4. The maximum atomic E-state index is 5.72. The molecule has 0 bridgehead atoms. The van der Waals surface area contributed by atoms with Gasteiger partial charge in [0.1, 0.15) is 0 Å². The number of hydrogen-bond acceptors (Lipinski definition) is 2. The van der Waals surface area contributed by atoms with Crippen LogP contribution in [0.2, 0.25) is 0 Å². The molecule has 0 radical (unpaired) electrons. The van der Waals surface area contributed by atoms with Crippen LogP contribution in [0.4, 0.5) is 0 Å². The van der Waals surface area contributed by atoms with Crippen molar-refractivity contribution in [3.05, 3.63) is 0 Å². The number of nitrogens with one attached hydrogen (secondary N) is 2. The van der Waals surface area contributed by atoms with Gasteiger partial charge < -0.3 is 15.4 Å². The molecule has 2 aliphatic rings. The molecule has 2 N–H and O–H groups in total. The zero-order valence-electron chi connectivity index (χ0n) is 11.6. The van der Waals surface area contributed by atoms with Gasteiger partial charge in [0, 0.05) is 18.7 Å². The number of rotatable bonds is 2. The molecule has 1 aliphatic heterocycles. The first-order valence-corrected chi connectivity index (χ1v) is 7.67. The van der Waals surface area contributed by atoms with Crippen LogP contribution in [0.5, 0.6) is 0 Å². The Morgan fingerprint density at radius 3 is 2.39 bits per heavy atom. The fourth-order valence-electron chi connectivity index (χ4n) is 3.01. The Labute approximate surface area is 116 Å². The summed E-state index contributed by atoms with van der Waals surface area (Å²) >= 11 is 5.43. The fourth-order valence-corrected chi connectivity index (χ4v) is 3.35. The van der Waals surface area contributed by atoms with Crippen LogP contribution in [0.25, 0.3) is 0 Å². The summed E-state index contributed by atoms with van der Waals surface area (Å²) in [5.74, 6) is 0. The second-order valence-corrected chi connectivity index (χ2v) is 6.66. The summed E-state index contributed by atoms with van der Waals surface area (Å²) < 4.78 is 5.72. The number of ether oxygens (including phenoxy) is 1. The van der Waals surface area contributed by atoms with Crippen LogP contribution in [0.1, 0.15) is 58.8 Å². The van der Waals surface area contributed by atoms with E-state index < -0.39 is 0 Å². The molecule has 18 heavy (non-hydrogen) atoms. The van der Waals surface area contributed by atoms with E-state index in [4.69, 9.17) is 17.0 Å². The molecule has 0 aromatic heterocycles. The Kier molecular flexibility index (Phi) is 4.84. The summed E-state index contributed by atoms with van der Waals surface area (Å²) in [6.07, 6.45) is 8.67. The minimum absolute atomic E-state index is 0.0175. The Balaban J connectivity index is 1.73. The van der Waals surface area contributed by atoms with Crippen LogP contribution in [0.3, 0.4) is 0 Å². The van der Waals surface area contributed by atoms with Crippen molar-refractivity contribution in [1.29, 1.82) is 0 Å². The van der Waals surface area contributed by atoms with E-state index in [9.17, 15) is 0 Å². The lowest BCUT2D eigenvalue weighted by molar-refractivity contribution is -0.0605. The highest BCUT2D eigenvalue weighted by Crippen LogP contribution is 2.24. The van der Waals surface area contributed by atoms with Gasteiger partial charge >= 0.3 is 0 Å². The molecule has 1 saturated carbocycles. The Bertz CT molecular complexity index is 288. The van der Waals surface area contributed by atoms with E-state index in [-0.39, 0.29) is 5.60 Å². The third-order valence-electron chi connectivity index (χ3n) is 3.97. The monoisotopic (exact) mass is 270 g/mol. The minimum atomic E-state index is -0.0175. The molecule has 0 aromatic rings. The summed E-state index contributed by atoms with van der Waals surface area (Å²) in [4.78, 5) is 0. The van der Waals surface area contributed by atoms with Crippen molar-refractivity contribution in [3.63, 3.8) is 0 Å². The molecule has 4 heteroatoms. The normalized spacial score (nSPS) is 28.7. The first-order chi connectivity index (χ1) is 8.55. The molecule has 0 amide bonds. The topological polar surface area (TPSA) is 33.3 Å². The summed E-state index contributed by atoms with van der Waals surface area (Å²) in [6.45, 7) is 5.13. The Morgan fingerprint density at radius 1 is 1.06 bits per heavy atom. The van der Waals surface area contributed by atoms with Crippen molar-refractivity contribution in [1.82, 2.24) is 10.6 Å². The molecule has 1 unspecified atom stereocenters. The van der Waals surface area contributed by atoms with E-state index in [1.807, 2.05) is 0 Å². The van der Waals surface area contributed by atoms with Crippen molar-refractivity contribution in [3.8, 4) is 0 Å². The van der Waals surface area contributed by atoms with Gasteiger partial charge in [-0.3, -0.25) is 0 Å². The SMILES string of the molecule is CC1(C)CC(NC(=S)NC2CCCCC2)CCO1. The maximum Gasteiger partial charge on any atom is 0.166 e. The highest BCUT2D eigenvalue weighted by Gasteiger charge is 2.29. The van der Waals surface area contributed by atoms with Gasteiger partial charge in [0.2, 0.25) is 0 Å². The fraction of sp³-hybridized carbons (Fsp3) is 0.929. The first kappa shape index (κ1) is 14.1. The second-order valence-electron chi connectivity index (χ2n) is 6.25. The molecule has 2 fully saturated rings. The molecule has 104 valence electrons. The van der Waals surface area contributed by atoms with Crippen molar-refractivity contribution >= 4 is 17.3 Å². The Hall–Kier alpha value is -0.350. The van der Waals surface area contributed by atoms with Crippen LogP contribution in [-0.4, -0.2) is 29.4 Å². The van der Waals surface area contributed by atoms with Crippen molar-refractivity contribution < 1.29 is 4.74 Å². The van der Waals surface area contributed by atoms with Gasteiger partial charge in [-0.1, -0.05) is 19.3 Å². The lowest BCUT2D eigenvalue weighted by atomic mass is 9.94. The molecule has 0 spiro atoms. The predicted octanol–water partition coefficient (Wildman–Crippen LogP) is 2.74. The molecular weight excluding hydrogens is 244 g/mol. The van der Waals surface area contributed by atoms with Crippen LogP contribution >= 0.6 is 12.2 Å². The standard InChI is InChI=1S/C14H26N2OS/c1-14(2)10-12(8-9-17-14)16-13(18)15-11-6-4-3-5-7-11/h11-12H,3-10H2,1-2H3,(H2,15,16,18). The van der Waals surface area contributed by atoms with Gasteiger partial charge in [-0.05, 0) is 51.7 Å². The van der Waals surface area contributed by atoms with E-state index in [0.29, 0.717) is 12.1 Å². The largest absolute Gasteiger partial charge is 0.375 e. The van der Waals surface area contributed by atoms with Crippen LogP contribution in [-0.2, 0) is 4.74 Å². The van der Waals surface area contributed by atoms with Gasteiger partial charge in [0.15, 0.2) is 5.11 Å². The van der Waals surface area contributed by atoms with E-state index in [0.717, 1.165) is 24.6 Å². The van der Waals surface area contributed by atoms with Crippen LogP contribution < -0.4 is 10.6 Å². The van der Waals surface area contributed by atoms with Gasteiger partial charge in [0.05, 0.1) is 5.60 Å². The number of thiocarbonyl (C=S) groups is 1. The second kappa shape index (κ2) is 6.20. The van der Waals surface area contributed by atoms with Crippen LogP contribution in [0, 0.1) is 0 Å². The van der Waals surface area contributed by atoms with E-state index >= 15 is 0 Å². The predicted molar refractivity (Wildman–Crippen MR) is 78.8 cm³/mol. The molecule has 1 aliphatic carbocycles. The number of hydrogen-bond donors (Lipinski definition) is 2. The summed E-state index contributed by atoms with van der Waals surface area (Å²) in [5, 5.41) is 7.77. The van der Waals surface area contributed by atoms with Gasteiger partial charge in [-0.2, -0.15) is 0 Å². The van der Waals surface area contributed by atoms with E-state index in [2.05, 4.69) is 24.5 Å². The van der Waals surface area contributed by atoms with Crippen LogP contribution in [0.15, 0.2) is 0 Å². The molecule has 3 nitrogen and oxygen atoms in total. The summed E-state index contributed by atoms with van der Waals surface area (Å²) in [7, 11) is 0. The first-order valence-electron chi connectivity index (χ1n) is 7.26. The molecule has 2 rings (SSSR count). The third-order valence-corrected chi connectivity index (χ3v) is 4.21. The van der Waals surface area contributed by atoms with Crippen molar-refractivity contribution in [2.24, 2.45) is 0 Å². The molecule has 1 saturated heterocycles. The quantitative estimate of drug-likeness (QED) is 0.756. The lowest BCUT2D eigenvalue weighted by Gasteiger charge is -2.36. The molecule has 1 heterocycles. The highest BCUT2D eigenvalue weighted by molar-refractivity contribution is 7.80.